The van der Waals surface area contributed by atoms with Crippen molar-refractivity contribution in [3.8, 4) is 27.7 Å². The van der Waals surface area contributed by atoms with E-state index in [1.54, 1.807) is 17.4 Å². The van der Waals surface area contributed by atoms with Crippen LogP contribution < -0.4 is 9.47 Å². The van der Waals surface area contributed by atoms with E-state index in [0.717, 1.165) is 42.2 Å². The molecule has 1 saturated carbocycles. The predicted octanol–water partition coefficient (Wildman–Crippen LogP) is 6.44. The summed E-state index contributed by atoms with van der Waals surface area (Å²) in [6, 6.07) is 23.7. The molecule has 3 aromatic carbocycles. The van der Waals surface area contributed by atoms with Crippen LogP contribution in [0.5, 0.6) is 17.2 Å². The third kappa shape index (κ3) is 11.9. The Morgan fingerprint density at radius 1 is 0.691 bits per heavy atom. The van der Waals surface area contributed by atoms with Crippen molar-refractivity contribution in [2.24, 2.45) is 0 Å². The summed E-state index contributed by atoms with van der Waals surface area (Å²) in [6.07, 6.45) is 11.4. The van der Waals surface area contributed by atoms with Gasteiger partial charge >= 0.3 is 23.9 Å². The summed E-state index contributed by atoms with van der Waals surface area (Å²) < 4.78 is 13.8. The number of fused-ring (bicyclic) bond motifs is 1. The average Bonchev–Trinajstić information content (AvgIpc) is 3.96. The zero-order valence-electron chi connectivity index (χ0n) is 30.6. The molecule has 294 valence electrons. The first-order chi connectivity index (χ1) is 26.5. The molecule has 7 rings (SSSR count). The number of benzene rings is 3. The molecule has 0 bridgehead atoms. The molecule has 0 spiro atoms. The number of ether oxygens (including phenoxy) is 2. The minimum atomic E-state index is -1.82. The topological polar surface area (TPSA) is 194 Å². The zero-order chi connectivity index (χ0) is 39.3. The largest absolute Gasteiger partial charge is 0.508 e. The fraction of sp³-hybridized carbons (Fsp3) is 0.415. The Hall–Kier alpha value is -5.18. The Morgan fingerprint density at radius 2 is 1.27 bits per heavy atom. The van der Waals surface area contributed by atoms with E-state index in [1.165, 1.54) is 98.1 Å². The van der Waals surface area contributed by atoms with Gasteiger partial charge in [0.15, 0.2) is 0 Å². The van der Waals surface area contributed by atoms with Gasteiger partial charge in [0.25, 0.3) is 0 Å². The second-order valence-corrected chi connectivity index (χ2v) is 14.9. The second-order valence-electron chi connectivity index (χ2n) is 13.8. The lowest BCUT2D eigenvalue weighted by Crippen LogP contribution is -2.46. The standard InChI is InChI=1S/C37H44N2O3S.2C2H2O4/c40-29-13-18-32-33(25-27-9-14-31(15-10-27)42-35-8-2-1-7-34(35)39-21-5-6-22-39)37(43-36(32)26-29)28-11-16-30(17-12-28)41-24-23-38-19-3-4-20-38;2*3-1(4)2(5)6/h9-18,26,34-35,40H,1-8,19-25H2;2*(H,3,4)(H,5,6)/t34-,35-;;/m1../s1. The molecule has 1 aliphatic carbocycles. The summed E-state index contributed by atoms with van der Waals surface area (Å²) in [5, 5.41) is 41.0. The number of hydrogen-bond donors (Lipinski definition) is 5. The maximum Gasteiger partial charge on any atom is 0.414 e. The van der Waals surface area contributed by atoms with Crippen molar-refractivity contribution in [2.45, 2.75) is 69.9 Å². The van der Waals surface area contributed by atoms with Gasteiger partial charge in [0.1, 0.15) is 30.0 Å². The number of nitrogens with zero attached hydrogens (tertiary/aromatic N) is 2. The van der Waals surface area contributed by atoms with Crippen molar-refractivity contribution >= 4 is 45.3 Å². The highest BCUT2D eigenvalue weighted by molar-refractivity contribution is 7.22. The maximum absolute atomic E-state index is 10.2. The lowest BCUT2D eigenvalue weighted by Gasteiger charge is -2.37. The van der Waals surface area contributed by atoms with Crippen molar-refractivity contribution in [3.63, 3.8) is 0 Å². The van der Waals surface area contributed by atoms with Gasteiger partial charge in [0.2, 0.25) is 0 Å². The lowest BCUT2D eigenvalue weighted by atomic mass is 9.91. The first kappa shape index (κ1) is 41.0. The molecule has 2 aliphatic heterocycles. The number of thiophene rings is 1. The highest BCUT2D eigenvalue weighted by Gasteiger charge is 2.33. The van der Waals surface area contributed by atoms with Gasteiger partial charge in [-0.2, -0.15) is 0 Å². The van der Waals surface area contributed by atoms with Crippen LogP contribution in [0, 0.1) is 0 Å². The number of phenolic OH excluding ortho intramolecular Hbond substituents is 1. The van der Waals surface area contributed by atoms with E-state index in [-0.39, 0.29) is 0 Å². The molecule has 5 N–H and O–H groups in total. The SMILES string of the molecule is O=C(O)C(=O)O.O=C(O)C(=O)O.Oc1ccc2c(Cc3ccc(O[C@@H]4CCCC[C@H]4N4CCCC4)cc3)c(-c3ccc(OCCN4CCCC4)cc3)sc2c1. The molecule has 4 aromatic rings. The van der Waals surface area contributed by atoms with Crippen molar-refractivity contribution in [2.75, 3.05) is 39.3 Å². The first-order valence-electron chi connectivity index (χ1n) is 18.6. The van der Waals surface area contributed by atoms with E-state index < -0.39 is 23.9 Å². The average molecular weight is 777 g/mol. The van der Waals surface area contributed by atoms with Crippen molar-refractivity contribution in [1.29, 1.82) is 0 Å². The van der Waals surface area contributed by atoms with Crippen molar-refractivity contribution in [1.82, 2.24) is 9.80 Å². The van der Waals surface area contributed by atoms with Crippen LogP contribution >= 0.6 is 11.3 Å². The number of hydrogen-bond acceptors (Lipinski definition) is 10. The van der Waals surface area contributed by atoms with Gasteiger partial charge < -0.3 is 35.0 Å². The van der Waals surface area contributed by atoms with Gasteiger partial charge in [-0.05, 0) is 154 Å². The molecule has 3 aliphatic rings. The summed E-state index contributed by atoms with van der Waals surface area (Å²) in [7, 11) is 0. The molecule has 0 radical (unpaired) electrons. The minimum absolute atomic E-state index is 0.296. The Kier molecular flexibility index (Phi) is 14.9. The fourth-order valence-electron chi connectivity index (χ4n) is 7.32. The Labute approximate surface area is 323 Å². The minimum Gasteiger partial charge on any atom is -0.508 e. The van der Waals surface area contributed by atoms with Crippen molar-refractivity contribution in [3.05, 3.63) is 77.9 Å². The molecule has 3 heterocycles. The van der Waals surface area contributed by atoms with Crippen LogP contribution in [0.3, 0.4) is 0 Å². The van der Waals surface area contributed by atoms with Crippen LogP contribution in [0.2, 0.25) is 0 Å². The zero-order valence-corrected chi connectivity index (χ0v) is 31.4. The van der Waals surface area contributed by atoms with Gasteiger partial charge in [-0.25, -0.2) is 19.2 Å². The number of carbonyl (C=O) groups is 4. The van der Waals surface area contributed by atoms with E-state index in [4.69, 9.17) is 49.1 Å². The molecule has 14 heteroatoms. The smallest absolute Gasteiger partial charge is 0.414 e. The molecule has 0 amide bonds. The van der Waals surface area contributed by atoms with Crippen LogP contribution in [0.4, 0.5) is 0 Å². The van der Waals surface area contributed by atoms with E-state index >= 15 is 0 Å². The first-order valence-corrected chi connectivity index (χ1v) is 19.4. The lowest BCUT2D eigenvalue weighted by molar-refractivity contribution is -0.159. The number of rotatable bonds is 10. The molecular formula is C41H48N2O11S. The van der Waals surface area contributed by atoms with Crippen LogP contribution in [-0.2, 0) is 25.6 Å². The van der Waals surface area contributed by atoms with Crippen molar-refractivity contribution < 1.29 is 54.2 Å². The number of likely N-dealkylation sites (tertiary alicyclic amines) is 2. The highest BCUT2D eigenvalue weighted by atomic mass is 32.1. The summed E-state index contributed by atoms with van der Waals surface area (Å²) >= 11 is 1.75. The van der Waals surface area contributed by atoms with Gasteiger partial charge in [-0.3, -0.25) is 9.80 Å². The summed E-state index contributed by atoms with van der Waals surface area (Å²) in [5.41, 5.74) is 3.76. The van der Waals surface area contributed by atoms with Crippen LogP contribution in [0.15, 0.2) is 66.7 Å². The Bertz CT molecular complexity index is 1850. The number of aliphatic carboxylic acids is 4. The third-order valence-corrected chi connectivity index (χ3v) is 11.2. The molecule has 1 aromatic heterocycles. The van der Waals surface area contributed by atoms with E-state index in [9.17, 15) is 5.11 Å². The monoisotopic (exact) mass is 776 g/mol. The molecule has 13 nitrogen and oxygen atoms in total. The number of carboxylic acids is 4. The molecule has 2 saturated heterocycles. The predicted molar refractivity (Wildman–Crippen MR) is 207 cm³/mol. The van der Waals surface area contributed by atoms with Crippen LogP contribution in [-0.4, -0.2) is 111 Å². The van der Waals surface area contributed by atoms with Gasteiger partial charge in [-0.1, -0.05) is 18.6 Å². The number of aromatic hydroxyl groups is 1. The van der Waals surface area contributed by atoms with E-state index in [0.29, 0.717) is 17.9 Å². The number of phenols is 1. The van der Waals surface area contributed by atoms with Gasteiger partial charge in [-0.15, -0.1) is 11.3 Å². The normalized spacial score (nSPS) is 18.4. The van der Waals surface area contributed by atoms with E-state index in [2.05, 4.69) is 64.4 Å². The molecule has 3 fully saturated rings. The molecule has 0 unspecified atom stereocenters. The molecule has 55 heavy (non-hydrogen) atoms. The quantitative estimate of drug-likeness (QED) is 0.111. The Morgan fingerprint density at radius 3 is 1.89 bits per heavy atom. The number of carboxylic acid groups (broad SMARTS) is 4. The third-order valence-electron chi connectivity index (χ3n) is 10.0. The maximum atomic E-state index is 10.2. The summed E-state index contributed by atoms with van der Waals surface area (Å²) in [5.74, 6) is -5.08. The molecule has 2 atom stereocenters. The summed E-state index contributed by atoms with van der Waals surface area (Å²) in [4.78, 5) is 42.8. The van der Waals surface area contributed by atoms with Crippen LogP contribution in [0.1, 0.15) is 62.5 Å². The second kappa shape index (κ2) is 19.9. The van der Waals surface area contributed by atoms with Gasteiger partial charge in [0.05, 0.1) is 0 Å². The van der Waals surface area contributed by atoms with Crippen LogP contribution in [0.25, 0.3) is 20.5 Å². The van der Waals surface area contributed by atoms with Gasteiger partial charge in [0, 0.05) is 22.2 Å². The summed E-state index contributed by atoms with van der Waals surface area (Å²) in [6.45, 7) is 6.57. The highest BCUT2D eigenvalue weighted by Crippen LogP contribution is 2.42. The molecular weight excluding hydrogens is 729 g/mol. The van der Waals surface area contributed by atoms with E-state index in [1.807, 2.05) is 6.07 Å². The Balaban J connectivity index is 0.000000422. The fourth-order valence-corrected chi connectivity index (χ4v) is 8.58.